The lowest BCUT2D eigenvalue weighted by Gasteiger charge is -2.22. The van der Waals surface area contributed by atoms with Crippen LogP contribution >= 0.6 is 34.8 Å². The van der Waals surface area contributed by atoms with E-state index in [0.717, 1.165) is 6.08 Å². The van der Waals surface area contributed by atoms with Gasteiger partial charge in [0.2, 0.25) is 3.79 Å². The molecule has 1 fully saturated rings. The highest BCUT2D eigenvalue weighted by Crippen LogP contribution is 2.75. The van der Waals surface area contributed by atoms with Gasteiger partial charge in [0.15, 0.2) is 0 Å². The minimum Gasteiger partial charge on any atom is -0.481 e. The van der Waals surface area contributed by atoms with E-state index >= 15 is 0 Å². The fourth-order valence-corrected chi connectivity index (χ4v) is 4.67. The topological polar surface area (TPSA) is 96.6 Å². The number of carboxylic acids is 1. The van der Waals surface area contributed by atoms with Crippen molar-refractivity contribution in [3.8, 4) is 17.6 Å². The number of carboxylic acid groups (broad SMARTS) is 1. The van der Waals surface area contributed by atoms with Crippen molar-refractivity contribution in [2.24, 2.45) is 16.7 Å². The van der Waals surface area contributed by atoms with E-state index in [9.17, 15) is 20.0 Å². The number of para-hydroxylation sites is 1. The second-order valence-electron chi connectivity index (χ2n) is 8.51. The van der Waals surface area contributed by atoms with E-state index in [2.05, 4.69) is 6.07 Å². The number of carbonyl (C=O) groups excluding carboxylic acids is 1. The second-order valence-corrected chi connectivity index (χ2v) is 11.0. The molecule has 0 spiro atoms. The van der Waals surface area contributed by atoms with Crippen LogP contribution in [0.25, 0.3) is 0 Å². The summed E-state index contributed by atoms with van der Waals surface area (Å²) in [5.41, 5.74) is -1.80. The van der Waals surface area contributed by atoms with Gasteiger partial charge in [0, 0.05) is 12.0 Å². The zero-order chi connectivity index (χ0) is 25.1. The van der Waals surface area contributed by atoms with E-state index in [1.807, 2.05) is 18.2 Å². The fourth-order valence-electron chi connectivity index (χ4n) is 4.51. The predicted molar refractivity (Wildman–Crippen MR) is 129 cm³/mol. The molecule has 178 valence electrons. The quantitative estimate of drug-likeness (QED) is 0.249. The Balaban J connectivity index is 1.89. The van der Waals surface area contributed by atoms with Gasteiger partial charge in [-0.2, -0.15) is 5.26 Å². The molecule has 1 aliphatic rings. The normalized spacial score (nSPS) is 21.9. The van der Waals surface area contributed by atoms with Crippen LogP contribution in [0, 0.1) is 28.1 Å². The van der Waals surface area contributed by atoms with E-state index in [1.54, 1.807) is 50.2 Å². The molecule has 6 nitrogen and oxygen atoms in total. The largest absolute Gasteiger partial charge is 0.481 e. The van der Waals surface area contributed by atoms with Crippen LogP contribution in [0.3, 0.4) is 0 Å². The summed E-state index contributed by atoms with van der Waals surface area (Å²) in [6.07, 6.45) is 2.56. The number of alkyl halides is 3. The average Bonchev–Trinajstić information content (AvgIpc) is 3.27. The highest BCUT2D eigenvalue weighted by atomic mass is 35.6. The van der Waals surface area contributed by atoms with Gasteiger partial charge in [-0.25, -0.2) is 4.79 Å². The lowest BCUT2D eigenvalue weighted by Crippen LogP contribution is -2.28. The number of nitriles is 1. The summed E-state index contributed by atoms with van der Waals surface area (Å²) in [5.74, 6) is -2.46. The number of carbonyl (C=O) groups is 2. The molecule has 34 heavy (non-hydrogen) atoms. The molecule has 0 saturated heterocycles. The smallest absolute Gasteiger partial charge is 0.330 e. The Bertz CT molecular complexity index is 1140. The van der Waals surface area contributed by atoms with Crippen molar-refractivity contribution in [1.29, 1.82) is 5.26 Å². The third-order valence-electron chi connectivity index (χ3n) is 6.16. The molecular formula is C25H22Cl3NO5. The number of nitrogens with zero attached hydrogens (tertiary/aromatic N) is 1. The number of allylic oxidation sites excluding steroid dienone is 1. The standard InChI is InChI=1S/C25H22Cl3NO5/c1-23(2)20(11-12-21(30)33-15-24(26,27)28)25(23,22(31)32)19(14-29)16-7-6-10-18(13-16)34-17-8-4-3-5-9-17/h3-13,19-20H,15H2,1-2H3,(H,31,32)/t19?,20-,25+/m0/s1. The summed E-state index contributed by atoms with van der Waals surface area (Å²) in [7, 11) is 0. The zero-order valence-corrected chi connectivity index (χ0v) is 20.6. The number of hydrogen-bond donors (Lipinski definition) is 1. The maximum Gasteiger partial charge on any atom is 0.330 e. The SMILES string of the molecule is CC1(C)[C@H](C=CC(=O)OCC(Cl)(Cl)Cl)[C@@]1(C(=O)O)C(C#N)c1cccc(Oc2ccccc2)c1. The Morgan fingerprint density at radius 3 is 2.38 bits per heavy atom. The molecule has 1 aliphatic carbocycles. The maximum absolute atomic E-state index is 12.6. The summed E-state index contributed by atoms with van der Waals surface area (Å²) in [5, 5.41) is 20.3. The summed E-state index contributed by atoms with van der Waals surface area (Å²) in [6.45, 7) is 3.04. The first-order chi connectivity index (χ1) is 15.9. The lowest BCUT2D eigenvalue weighted by molar-refractivity contribution is -0.145. The fraction of sp³-hybridized carbons (Fsp3) is 0.320. The van der Waals surface area contributed by atoms with Crippen LogP contribution in [-0.2, 0) is 14.3 Å². The highest BCUT2D eigenvalue weighted by Gasteiger charge is 2.78. The monoisotopic (exact) mass is 521 g/mol. The molecule has 0 amide bonds. The Morgan fingerprint density at radius 1 is 1.15 bits per heavy atom. The molecule has 2 aromatic carbocycles. The Hall–Kier alpha value is -2.72. The van der Waals surface area contributed by atoms with Gasteiger partial charge in [-0.3, -0.25) is 4.79 Å². The summed E-state index contributed by atoms with van der Waals surface area (Å²) < 4.78 is 8.97. The summed E-state index contributed by atoms with van der Waals surface area (Å²) >= 11 is 16.7. The Kier molecular flexibility index (Phi) is 7.52. The van der Waals surface area contributed by atoms with Crippen LogP contribution in [0.1, 0.15) is 25.3 Å². The third kappa shape index (κ3) is 5.17. The number of benzene rings is 2. The molecule has 1 N–H and O–H groups in total. The minimum absolute atomic E-state index is 0.450. The molecule has 1 unspecified atom stereocenters. The van der Waals surface area contributed by atoms with Gasteiger partial charge < -0.3 is 14.6 Å². The maximum atomic E-state index is 12.6. The first kappa shape index (κ1) is 25.9. The van der Waals surface area contributed by atoms with Crippen molar-refractivity contribution in [3.05, 3.63) is 72.3 Å². The van der Waals surface area contributed by atoms with Crippen LogP contribution in [0.4, 0.5) is 0 Å². The molecule has 2 aromatic rings. The van der Waals surface area contributed by atoms with Crippen LogP contribution < -0.4 is 4.74 Å². The van der Waals surface area contributed by atoms with Crippen LogP contribution in [0.2, 0.25) is 0 Å². The van der Waals surface area contributed by atoms with Crippen LogP contribution in [0.15, 0.2) is 66.7 Å². The molecule has 3 rings (SSSR count). The number of esters is 1. The molecule has 0 bridgehead atoms. The first-order valence-electron chi connectivity index (χ1n) is 10.3. The molecule has 3 atom stereocenters. The number of hydrogen-bond acceptors (Lipinski definition) is 5. The van der Waals surface area contributed by atoms with Gasteiger partial charge in [0.25, 0.3) is 0 Å². The van der Waals surface area contributed by atoms with Gasteiger partial charge in [0.05, 0.1) is 12.0 Å². The van der Waals surface area contributed by atoms with E-state index < -0.39 is 45.0 Å². The van der Waals surface area contributed by atoms with Crippen LogP contribution in [0.5, 0.6) is 11.5 Å². The number of halogens is 3. The van der Waals surface area contributed by atoms with E-state index in [-0.39, 0.29) is 0 Å². The van der Waals surface area contributed by atoms with E-state index in [4.69, 9.17) is 44.3 Å². The summed E-state index contributed by atoms with van der Waals surface area (Å²) in [4.78, 5) is 24.6. The summed E-state index contributed by atoms with van der Waals surface area (Å²) in [6, 6.07) is 18.1. The van der Waals surface area contributed by atoms with E-state index in [1.165, 1.54) is 6.08 Å². The van der Waals surface area contributed by atoms with Crippen molar-refractivity contribution in [1.82, 2.24) is 0 Å². The van der Waals surface area contributed by atoms with Gasteiger partial charge >= 0.3 is 11.9 Å². The van der Waals surface area contributed by atoms with Crippen LogP contribution in [-0.4, -0.2) is 27.4 Å². The first-order valence-corrected chi connectivity index (χ1v) is 11.4. The second kappa shape index (κ2) is 9.87. The molecule has 0 aromatic heterocycles. The molecule has 0 heterocycles. The molecule has 9 heteroatoms. The zero-order valence-electron chi connectivity index (χ0n) is 18.4. The Labute approximate surface area is 212 Å². The lowest BCUT2D eigenvalue weighted by atomic mass is 9.78. The number of rotatable bonds is 8. The molecule has 1 saturated carbocycles. The van der Waals surface area contributed by atoms with Crippen molar-refractivity contribution in [2.45, 2.75) is 23.6 Å². The average molecular weight is 523 g/mol. The van der Waals surface area contributed by atoms with Crippen molar-refractivity contribution in [3.63, 3.8) is 0 Å². The molecule has 0 radical (unpaired) electrons. The van der Waals surface area contributed by atoms with Gasteiger partial charge in [0.1, 0.15) is 23.5 Å². The molecular weight excluding hydrogens is 501 g/mol. The predicted octanol–water partition coefficient (Wildman–Crippen LogP) is 6.28. The number of ether oxygens (including phenoxy) is 2. The van der Waals surface area contributed by atoms with Gasteiger partial charge in [-0.05, 0) is 35.2 Å². The van der Waals surface area contributed by atoms with Crippen molar-refractivity contribution >= 4 is 46.7 Å². The third-order valence-corrected chi connectivity index (χ3v) is 6.49. The Morgan fingerprint density at radius 2 is 1.79 bits per heavy atom. The van der Waals surface area contributed by atoms with Crippen molar-refractivity contribution < 1.29 is 24.2 Å². The number of aliphatic carboxylic acids is 1. The highest BCUT2D eigenvalue weighted by molar-refractivity contribution is 6.67. The van der Waals surface area contributed by atoms with Gasteiger partial charge in [-0.15, -0.1) is 0 Å². The van der Waals surface area contributed by atoms with Crippen molar-refractivity contribution in [2.75, 3.05) is 6.61 Å². The van der Waals surface area contributed by atoms with Gasteiger partial charge in [-0.1, -0.05) is 85.1 Å². The minimum atomic E-state index is -1.76. The van der Waals surface area contributed by atoms with E-state index in [0.29, 0.717) is 17.1 Å². The molecule has 0 aliphatic heterocycles.